The third kappa shape index (κ3) is 5.30. The lowest BCUT2D eigenvalue weighted by Crippen LogP contribution is -2.47. The molecule has 0 fully saturated rings. The number of carbonyl (C=O) groups is 3. The summed E-state index contributed by atoms with van der Waals surface area (Å²) in [6.45, 7) is 1.44. The molecule has 0 aromatic carbocycles. The number of esters is 1. The van der Waals surface area contributed by atoms with Gasteiger partial charge in [-0.15, -0.1) is 0 Å². The van der Waals surface area contributed by atoms with Crippen LogP contribution in [0.5, 0.6) is 0 Å². The predicted octanol–water partition coefficient (Wildman–Crippen LogP) is -1.14. The average molecular weight is 232 g/mol. The molecule has 0 heterocycles. The molecule has 1 amide bonds. The molecule has 0 saturated heterocycles. The van der Waals surface area contributed by atoms with Crippen LogP contribution in [0.25, 0.3) is 0 Å². The van der Waals surface area contributed by atoms with E-state index < -0.39 is 29.9 Å². The molecule has 0 radical (unpaired) electrons. The van der Waals surface area contributed by atoms with Gasteiger partial charge in [0.05, 0.1) is 13.2 Å². The standard InChI is InChI=1S/C9H16N2O5/c1-5(10)8(13)11-6(9(14)15)3-4-7(12)16-2/h5-6H,3-4,10H2,1-2H3,(H,11,13)(H,14,15)/t5-,6-/m0/s1. The lowest BCUT2D eigenvalue weighted by Gasteiger charge is -2.15. The Morgan fingerprint density at radius 3 is 2.38 bits per heavy atom. The summed E-state index contributed by atoms with van der Waals surface area (Å²) in [6, 6.07) is -1.92. The SMILES string of the molecule is COC(=O)CC[C@H](NC(=O)[C@H](C)N)C(=O)O. The molecule has 7 nitrogen and oxygen atoms in total. The molecular weight excluding hydrogens is 216 g/mol. The number of methoxy groups -OCH3 is 1. The fraction of sp³-hybridized carbons (Fsp3) is 0.667. The first-order valence-electron chi connectivity index (χ1n) is 4.74. The Morgan fingerprint density at radius 1 is 1.44 bits per heavy atom. The minimum absolute atomic E-state index is 0.0273. The monoisotopic (exact) mass is 232 g/mol. The van der Waals surface area contributed by atoms with E-state index in [1.165, 1.54) is 14.0 Å². The van der Waals surface area contributed by atoms with E-state index in [9.17, 15) is 14.4 Å². The summed E-state index contributed by atoms with van der Waals surface area (Å²) in [5.74, 6) is -2.31. The Balaban J connectivity index is 4.24. The molecular formula is C9H16N2O5. The second-order valence-electron chi connectivity index (χ2n) is 3.30. The van der Waals surface area contributed by atoms with Gasteiger partial charge in [0.25, 0.3) is 0 Å². The highest BCUT2D eigenvalue weighted by atomic mass is 16.5. The Kier molecular flexibility index (Phi) is 6.09. The summed E-state index contributed by atoms with van der Waals surface area (Å²) in [6.07, 6.45) is -0.104. The van der Waals surface area contributed by atoms with E-state index in [0.29, 0.717) is 0 Å². The van der Waals surface area contributed by atoms with Crippen LogP contribution in [0.3, 0.4) is 0 Å². The summed E-state index contributed by atoms with van der Waals surface area (Å²) in [7, 11) is 1.21. The molecule has 0 unspecified atom stereocenters. The van der Waals surface area contributed by atoms with Crippen molar-refractivity contribution in [3.8, 4) is 0 Å². The normalized spacial score (nSPS) is 13.7. The zero-order valence-corrected chi connectivity index (χ0v) is 9.23. The number of carboxylic acid groups (broad SMARTS) is 1. The molecule has 0 aromatic rings. The van der Waals surface area contributed by atoms with Crippen molar-refractivity contribution in [1.82, 2.24) is 5.32 Å². The highest BCUT2D eigenvalue weighted by Crippen LogP contribution is 2.00. The van der Waals surface area contributed by atoms with Gasteiger partial charge in [-0.3, -0.25) is 9.59 Å². The van der Waals surface area contributed by atoms with Crippen LogP contribution in [0.1, 0.15) is 19.8 Å². The van der Waals surface area contributed by atoms with E-state index in [4.69, 9.17) is 10.8 Å². The number of nitrogens with one attached hydrogen (secondary N) is 1. The molecule has 0 saturated carbocycles. The molecule has 0 aliphatic rings. The first-order valence-corrected chi connectivity index (χ1v) is 4.74. The van der Waals surface area contributed by atoms with Gasteiger partial charge in [-0.05, 0) is 13.3 Å². The van der Waals surface area contributed by atoms with Gasteiger partial charge in [-0.2, -0.15) is 0 Å². The van der Waals surface area contributed by atoms with Crippen LogP contribution < -0.4 is 11.1 Å². The third-order valence-electron chi connectivity index (χ3n) is 1.89. The number of amides is 1. The molecule has 16 heavy (non-hydrogen) atoms. The maximum absolute atomic E-state index is 11.2. The molecule has 7 heteroatoms. The second kappa shape index (κ2) is 6.78. The molecule has 0 rings (SSSR count). The number of hydrogen-bond acceptors (Lipinski definition) is 5. The van der Waals surface area contributed by atoms with Crippen LogP contribution >= 0.6 is 0 Å². The van der Waals surface area contributed by atoms with E-state index in [1.807, 2.05) is 0 Å². The number of carbonyl (C=O) groups excluding carboxylic acids is 2. The summed E-state index contributed by atoms with van der Waals surface area (Å²) in [5.41, 5.74) is 5.27. The topological polar surface area (TPSA) is 119 Å². The first kappa shape index (κ1) is 14.4. The molecule has 2 atom stereocenters. The first-order chi connectivity index (χ1) is 7.38. The number of aliphatic carboxylic acids is 1. The number of ether oxygens (including phenoxy) is 1. The quantitative estimate of drug-likeness (QED) is 0.498. The van der Waals surface area contributed by atoms with E-state index >= 15 is 0 Å². The maximum atomic E-state index is 11.2. The lowest BCUT2D eigenvalue weighted by molar-refractivity contribution is -0.144. The predicted molar refractivity (Wildman–Crippen MR) is 54.5 cm³/mol. The van der Waals surface area contributed by atoms with Crippen LogP contribution in [-0.4, -0.2) is 42.1 Å². The van der Waals surface area contributed by atoms with Gasteiger partial charge in [0.15, 0.2) is 0 Å². The molecule has 92 valence electrons. The molecule has 4 N–H and O–H groups in total. The highest BCUT2D eigenvalue weighted by molar-refractivity contribution is 5.86. The van der Waals surface area contributed by atoms with Crippen LogP contribution in [0.15, 0.2) is 0 Å². The van der Waals surface area contributed by atoms with Crippen molar-refractivity contribution in [1.29, 1.82) is 0 Å². The summed E-state index contributed by atoms with van der Waals surface area (Å²) in [5, 5.41) is 11.0. The average Bonchev–Trinajstić information content (AvgIpc) is 2.22. The van der Waals surface area contributed by atoms with Crippen LogP contribution in [-0.2, 0) is 19.1 Å². The van der Waals surface area contributed by atoms with Gasteiger partial charge in [0.1, 0.15) is 6.04 Å². The van der Waals surface area contributed by atoms with Crippen molar-refractivity contribution in [3.63, 3.8) is 0 Å². The Labute approximate surface area is 92.9 Å². The highest BCUT2D eigenvalue weighted by Gasteiger charge is 2.22. The van der Waals surface area contributed by atoms with Crippen molar-refractivity contribution >= 4 is 17.8 Å². The molecule has 0 aliphatic heterocycles. The van der Waals surface area contributed by atoms with Gasteiger partial charge in [0, 0.05) is 6.42 Å². The number of nitrogens with two attached hydrogens (primary N) is 1. The third-order valence-corrected chi connectivity index (χ3v) is 1.89. The van der Waals surface area contributed by atoms with E-state index in [0.717, 1.165) is 0 Å². The van der Waals surface area contributed by atoms with E-state index in [-0.39, 0.29) is 12.8 Å². The van der Waals surface area contributed by atoms with E-state index in [2.05, 4.69) is 10.1 Å². The van der Waals surface area contributed by atoms with Gasteiger partial charge in [-0.1, -0.05) is 0 Å². The lowest BCUT2D eigenvalue weighted by atomic mass is 10.1. The van der Waals surface area contributed by atoms with Crippen LogP contribution in [0, 0.1) is 0 Å². The molecule has 0 aromatic heterocycles. The molecule has 0 bridgehead atoms. The van der Waals surface area contributed by atoms with Gasteiger partial charge >= 0.3 is 11.9 Å². The zero-order valence-electron chi connectivity index (χ0n) is 9.23. The Morgan fingerprint density at radius 2 is 2.00 bits per heavy atom. The minimum Gasteiger partial charge on any atom is -0.480 e. The van der Waals surface area contributed by atoms with E-state index in [1.54, 1.807) is 0 Å². The Bertz CT molecular complexity index is 277. The van der Waals surface area contributed by atoms with Crippen molar-refractivity contribution < 1.29 is 24.2 Å². The van der Waals surface area contributed by atoms with Crippen molar-refractivity contribution in [3.05, 3.63) is 0 Å². The minimum atomic E-state index is -1.21. The Hall–Kier alpha value is -1.63. The van der Waals surface area contributed by atoms with Crippen LogP contribution in [0.2, 0.25) is 0 Å². The molecule has 0 spiro atoms. The largest absolute Gasteiger partial charge is 0.480 e. The van der Waals surface area contributed by atoms with Crippen molar-refractivity contribution in [2.24, 2.45) is 5.73 Å². The maximum Gasteiger partial charge on any atom is 0.326 e. The van der Waals surface area contributed by atoms with Gasteiger partial charge < -0.3 is 20.9 Å². The van der Waals surface area contributed by atoms with Gasteiger partial charge in [0.2, 0.25) is 5.91 Å². The summed E-state index contributed by atoms with van der Waals surface area (Å²) < 4.78 is 4.36. The second-order valence-corrected chi connectivity index (χ2v) is 3.30. The smallest absolute Gasteiger partial charge is 0.326 e. The summed E-state index contributed by atoms with van der Waals surface area (Å²) >= 11 is 0. The number of hydrogen-bond donors (Lipinski definition) is 3. The molecule has 0 aliphatic carbocycles. The van der Waals surface area contributed by atoms with Crippen molar-refractivity contribution in [2.75, 3.05) is 7.11 Å². The fourth-order valence-corrected chi connectivity index (χ4v) is 0.925. The number of rotatable bonds is 6. The van der Waals surface area contributed by atoms with Crippen molar-refractivity contribution in [2.45, 2.75) is 31.8 Å². The zero-order chi connectivity index (χ0) is 12.7. The fourth-order valence-electron chi connectivity index (χ4n) is 0.925. The number of carboxylic acids is 1. The van der Waals surface area contributed by atoms with Crippen LogP contribution in [0.4, 0.5) is 0 Å². The van der Waals surface area contributed by atoms with Gasteiger partial charge in [-0.25, -0.2) is 4.79 Å². The summed E-state index contributed by atoms with van der Waals surface area (Å²) in [4.78, 5) is 32.7.